The Labute approximate surface area is 141 Å². The Kier molecular flexibility index (Phi) is 4.69. The van der Waals surface area contributed by atoms with Gasteiger partial charge < -0.3 is 15.1 Å². The third-order valence-corrected chi connectivity index (χ3v) is 4.60. The first-order valence-corrected chi connectivity index (χ1v) is 8.17. The van der Waals surface area contributed by atoms with Gasteiger partial charge in [-0.1, -0.05) is 12.1 Å². The van der Waals surface area contributed by atoms with Crippen molar-refractivity contribution in [3.05, 3.63) is 59.4 Å². The highest BCUT2D eigenvalue weighted by atomic mass is 19.1. The van der Waals surface area contributed by atoms with Crippen LogP contribution in [0.3, 0.4) is 0 Å². The van der Waals surface area contributed by atoms with Gasteiger partial charge in [0.05, 0.1) is 0 Å². The Morgan fingerprint density at radius 1 is 1.00 bits per heavy atom. The van der Waals surface area contributed by atoms with Crippen LogP contribution in [-0.4, -0.2) is 37.1 Å². The van der Waals surface area contributed by atoms with Gasteiger partial charge in [0.15, 0.2) is 0 Å². The molecule has 3 rings (SSSR count). The summed E-state index contributed by atoms with van der Waals surface area (Å²) in [6.45, 7) is 6.82. The number of aryl methyl sites for hydroxylation is 1. The van der Waals surface area contributed by atoms with Gasteiger partial charge >= 0.3 is 6.03 Å². The number of amides is 2. The van der Waals surface area contributed by atoms with Crippen molar-refractivity contribution >= 4 is 17.4 Å². The zero-order valence-electron chi connectivity index (χ0n) is 14.1. The molecule has 2 aromatic carbocycles. The number of nitrogens with zero attached hydrogens (tertiary/aromatic N) is 2. The molecule has 1 aliphatic rings. The van der Waals surface area contributed by atoms with Gasteiger partial charge in [0.2, 0.25) is 0 Å². The molecule has 1 saturated heterocycles. The van der Waals surface area contributed by atoms with E-state index in [0.717, 1.165) is 35.6 Å². The van der Waals surface area contributed by atoms with E-state index in [1.807, 2.05) is 36.9 Å². The van der Waals surface area contributed by atoms with Gasteiger partial charge in [-0.3, -0.25) is 0 Å². The summed E-state index contributed by atoms with van der Waals surface area (Å²) < 4.78 is 13.0. The molecule has 0 radical (unpaired) electrons. The van der Waals surface area contributed by atoms with E-state index < -0.39 is 0 Å². The average Bonchev–Trinajstić information content (AvgIpc) is 2.60. The minimum atomic E-state index is -0.231. The molecule has 5 heteroatoms. The van der Waals surface area contributed by atoms with E-state index in [9.17, 15) is 9.18 Å². The molecule has 0 unspecified atom stereocenters. The lowest BCUT2D eigenvalue weighted by Crippen LogP contribution is -2.50. The summed E-state index contributed by atoms with van der Waals surface area (Å²) in [6, 6.07) is 12.3. The molecule has 0 bridgehead atoms. The molecule has 4 nitrogen and oxygen atoms in total. The number of halogens is 1. The number of hydrogen-bond donors (Lipinski definition) is 1. The predicted molar refractivity (Wildman–Crippen MR) is 95.1 cm³/mol. The first-order chi connectivity index (χ1) is 11.5. The van der Waals surface area contributed by atoms with Crippen LogP contribution in [0.25, 0.3) is 0 Å². The van der Waals surface area contributed by atoms with Crippen LogP contribution in [0.5, 0.6) is 0 Å². The van der Waals surface area contributed by atoms with E-state index in [1.165, 1.54) is 12.1 Å². The van der Waals surface area contributed by atoms with Crippen molar-refractivity contribution in [1.29, 1.82) is 0 Å². The molecule has 0 aromatic heterocycles. The van der Waals surface area contributed by atoms with E-state index >= 15 is 0 Å². The molecule has 0 atom stereocenters. The van der Waals surface area contributed by atoms with E-state index in [1.54, 1.807) is 12.1 Å². The molecule has 1 fully saturated rings. The number of nitrogens with one attached hydrogen (secondary N) is 1. The van der Waals surface area contributed by atoms with Crippen molar-refractivity contribution in [2.45, 2.75) is 13.8 Å². The first-order valence-electron chi connectivity index (χ1n) is 8.17. The van der Waals surface area contributed by atoms with Crippen LogP contribution in [0.1, 0.15) is 11.1 Å². The van der Waals surface area contributed by atoms with Crippen LogP contribution in [0.4, 0.5) is 20.6 Å². The fourth-order valence-corrected chi connectivity index (χ4v) is 2.90. The van der Waals surface area contributed by atoms with Crippen molar-refractivity contribution in [3.8, 4) is 0 Å². The Morgan fingerprint density at radius 3 is 2.33 bits per heavy atom. The van der Waals surface area contributed by atoms with Crippen LogP contribution < -0.4 is 10.2 Å². The van der Waals surface area contributed by atoms with Crippen LogP contribution in [0.2, 0.25) is 0 Å². The average molecular weight is 327 g/mol. The number of hydrogen-bond acceptors (Lipinski definition) is 2. The fourth-order valence-electron chi connectivity index (χ4n) is 2.90. The lowest BCUT2D eigenvalue weighted by Gasteiger charge is -2.36. The fraction of sp³-hybridized carbons (Fsp3) is 0.316. The van der Waals surface area contributed by atoms with Gasteiger partial charge in [-0.15, -0.1) is 0 Å². The van der Waals surface area contributed by atoms with Gasteiger partial charge in [0.1, 0.15) is 5.82 Å². The van der Waals surface area contributed by atoms with Crippen LogP contribution in [0.15, 0.2) is 42.5 Å². The second-order valence-electron chi connectivity index (χ2n) is 6.13. The summed E-state index contributed by atoms with van der Waals surface area (Å²) in [7, 11) is 0. The molecular weight excluding hydrogens is 305 g/mol. The molecule has 1 heterocycles. The van der Waals surface area contributed by atoms with Crippen molar-refractivity contribution < 1.29 is 9.18 Å². The van der Waals surface area contributed by atoms with Gasteiger partial charge in [0, 0.05) is 37.6 Å². The molecule has 0 saturated carbocycles. The SMILES string of the molecule is Cc1cccc(NC(=O)N2CCN(c3ccc(F)cc3)CC2)c1C. The summed E-state index contributed by atoms with van der Waals surface area (Å²) >= 11 is 0. The number of carbonyl (C=O) groups excluding carboxylic acids is 1. The third-order valence-electron chi connectivity index (χ3n) is 4.60. The van der Waals surface area contributed by atoms with Crippen molar-refractivity contribution in [1.82, 2.24) is 4.90 Å². The maximum atomic E-state index is 13.0. The standard InChI is InChI=1S/C19H22FN3O/c1-14-4-3-5-18(15(14)2)21-19(24)23-12-10-22(11-13-23)17-8-6-16(20)7-9-17/h3-9H,10-13H2,1-2H3,(H,21,24). The maximum Gasteiger partial charge on any atom is 0.321 e. The van der Waals surface area contributed by atoms with Crippen molar-refractivity contribution in [2.75, 3.05) is 36.4 Å². The second kappa shape index (κ2) is 6.91. The summed E-state index contributed by atoms with van der Waals surface area (Å²) in [5.74, 6) is -0.231. The molecule has 2 amide bonds. The molecule has 0 aliphatic carbocycles. The number of rotatable bonds is 2. The summed E-state index contributed by atoms with van der Waals surface area (Å²) in [5.41, 5.74) is 4.11. The zero-order valence-corrected chi connectivity index (χ0v) is 14.1. The van der Waals surface area contributed by atoms with Gasteiger partial charge in [-0.25, -0.2) is 9.18 Å². The van der Waals surface area contributed by atoms with Crippen LogP contribution in [0, 0.1) is 19.7 Å². The topological polar surface area (TPSA) is 35.6 Å². The first kappa shape index (κ1) is 16.3. The van der Waals surface area contributed by atoms with Gasteiger partial charge in [-0.05, 0) is 55.3 Å². The largest absolute Gasteiger partial charge is 0.368 e. The lowest BCUT2D eigenvalue weighted by atomic mass is 10.1. The van der Waals surface area contributed by atoms with Crippen LogP contribution >= 0.6 is 0 Å². The summed E-state index contributed by atoms with van der Waals surface area (Å²) in [5, 5.41) is 3.00. The van der Waals surface area contributed by atoms with E-state index in [-0.39, 0.29) is 11.8 Å². The second-order valence-corrected chi connectivity index (χ2v) is 6.13. The third kappa shape index (κ3) is 3.50. The molecule has 24 heavy (non-hydrogen) atoms. The lowest BCUT2D eigenvalue weighted by molar-refractivity contribution is 0.208. The molecule has 2 aromatic rings. The van der Waals surface area contributed by atoms with E-state index in [2.05, 4.69) is 10.2 Å². The molecule has 126 valence electrons. The Hall–Kier alpha value is -2.56. The maximum absolute atomic E-state index is 13.0. The highest BCUT2D eigenvalue weighted by Crippen LogP contribution is 2.20. The molecular formula is C19H22FN3O. The number of anilines is 2. The zero-order chi connectivity index (χ0) is 17.1. The Balaban J connectivity index is 1.59. The highest BCUT2D eigenvalue weighted by Gasteiger charge is 2.21. The Bertz CT molecular complexity index is 722. The number of carbonyl (C=O) groups is 1. The Morgan fingerprint density at radius 2 is 1.67 bits per heavy atom. The van der Waals surface area contributed by atoms with E-state index in [4.69, 9.17) is 0 Å². The molecule has 1 aliphatic heterocycles. The highest BCUT2D eigenvalue weighted by molar-refractivity contribution is 5.90. The van der Waals surface area contributed by atoms with Gasteiger partial charge in [-0.2, -0.15) is 0 Å². The van der Waals surface area contributed by atoms with Crippen LogP contribution in [-0.2, 0) is 0 Å². The van der Waals surface area contributed by atoms with Crippen molar-refractivity contribution in [3.63, 3.8) is 0 Å². The number of urea groups is 1. The summed E-state index contributed by atoms with van der Waals surface area (Å²) in [6.07, 6.45) is 0. The minimum absolute atomic E-state index is 0.0672. The predicted octanol–water partition coefficient (Wildman–Crippen LogP) is 3.80. The minimum Gasteiger partial charge on any atom is -0.368 e. The number of benzene rings is 2. The van der Waals surface area contributed by atoms with Gasteiger partial charge in [0.25, 0.3) is 0 Å². The number of piperazine rings is 1. The van der Waals surface area contributed by atoms with E-state index in [0.29, 0.717) is 13.1 Å². The smallest absolute Gasteiger partial charge is 0.321 e. The molecule has 1 N–H and O–H groups in total. The quantitative estimate of drug-likeness (QED) is 0.911. The monoisotopic (exact) mass is 327 g/mol. The normalized spacial score (nSPS) is 14.6. The summed E-state index contributed by atoms with van der Waals surface area (Å²) in [4.78, 5) is 16.5. The van der Waals surface area contributed by atoms with Crippen molar-refractivity contribution in [2.24, 2.45) is 0 Å². The molecule has 0 spiro atoms.